The third-order valence-electron chi connectivity index (χ3n) is 3.48. The number of hydrogen-bond acceptors (Lipinski definition) is 3. The van der Waals surface area contributed by atoms with Gasteiger partial charge in [0, 0.05) is 6.54 Å². The monoisotopic (exact) mass is 319 g/mol. The van der Waals surface area contributed by atoms with Crippen molar-refractivity contribution < 1.29 is 27.8 Å². The van der Waals surface area contributed by atoms with E-state index >= 15 is 0 Å². The van der Waals surface area contributed by atoms with Crippen LogP contribution in [0.3, 0.4) is 0 Å². The van der Waals surface area contributed by atoms with Crippen LogP contribution < -0.4 is 10.1 Å². The number of carbonyl (C=O) groups is 1. The van der Waals surface area contributed by atoms with Gasteiger partial charge >= 0.3 is 6.18 Å². The van der Waals surface area contributed by atoms with Crippen molar-refractivity contribution in [3.05, 3.63) is 29.8 Å². The van der Waals surface area contributed by atoms with Crippen LogP contribution in [0.4, 0.5) is 13.2 Å². The Morgan fingerprint density at radius 1 is 1.23 bits per heavy atom. The number of halogens is 3. The Bertz CT molecular complexity index is 499. The smallest absolute Gasteiger partial charge is 0.419 e. The molecular weight excluding hydrogens is 299 g/mol. The Hall–Kier alpha value is -1.76. The Balaban J connectivity index is 2.59. The molecule has 0 saturated heterocycles. The molecule has 0 aliphatic carbocycles. The summed E-state index contributed by atoms with van der Waals surface area (Å²) >= 11 is 0. The minimum atomic E-state index is -4.54. The first-order chi connectivity index (χ1) is 10.2. The van der Waals surface area contributed by atoms with Crippen molar-refractivity contribution in [2.45, 2.75) is 38.5 Å². The fraction of sp³-hybridized carbons (Fsp3) is 0.533. The highest BCUT2D eigenvalue weighted by atomic mass is 19.4. The summed E-state index contributed by atoms with van der Waals surface area (Å²) in [5, 5.41) is 12.5. The lowest BCUT2D eigenvalue weighted by molar-refractivity contribution is -0.139. The summed E-state index contributed by atoms with van der Waals surface area (Å²) in [6.45, 7) is 3.05. The van der Waals surface area contributed by atoms with Gasteiger partial charge in [-0.2, -0.15) is 13.2 Å². The molecule has 0 radical (unpaired) electrons. The van der Waals surface area contributed by atoms with Crippen molar-refractivity contribution in [1.29, 1.82) is 0 Å². The molecule has 1 amide bonds. The third kappa shape index (κ3) is 5.22. The van der Waals surface area contributed by atoms with Gasteiger partial charge in [-0.3, -0.25) is 4.79 Å². The molecule has 0 atom stereocenters. The second kappa shape index (κ2) is 7.49. The van der Waals surface area contributed by atoms with Crippen molar-refractivity contribution in [2.75, 3.05) is 13.2 Å². The van der Waals surface area contributed by atoms with E-state index in [1.807, 2.05) is 0 Å². The Morgan fingerprint density at radius 2 is 1.82 bits per heavy atom. The van der Waals surface area contributed by atoms with Crippen molar-refractivity contribution in [2.24, 2.45) is 0 Å². The second-order valence-electron chi connectivity index (χ2n) is 4.99. The molecule has 1 aromatic rings. The SMILES string of the molecule is CCC(O)(CC)CNC(=O)COc1ccccc1C(F)(F)F. The lowest BCUT2D eigenvalue weighted by Crippen LogP contribution is -2.43. The number of ether oxygens (including phenoxy) is 1. The predicted molar refractivity (Wildman–Crippen MR) is 75.5 cm³/mol. The average Bonchev–Trinajstić information content (AvgIpc) is 2.50. The lowest BCUT2D eigenvalue weighted by atomic mass is 9.98. The van der Waals surface area contributed by atoms with Crippen LogP contribution in [0.2, 0.25) is 0 Å². The molecule has 0 fully saturated rings. The van der Waals surface area contributed by atoms with Crippen LogP contribution in [-0.4, -0.2) is 29.8 Å². The maximum absolute atomic E-state index is 12.8. The number of alkyl halides is 3. The van der Waals surface area contributed by atoms with Crippen molar-refractivity contribution in [3.8, 4) is 5.75 Å². The van der Waals surface area contributed by atoms with Gasteiger partial charge < -0.3 is 15.2 Å². The molecule has 0 heterocycles. The minimum Gasteiger partial charge on any atom is -0.483 e. The van der Waals surface area contributed by atoms with Gasteiger partial charge in [0.25, 0.3) is 5.91 Å². The minimum absolute atomic E-state index is 0.0309. The van der Waals surface area contributed by atoms with Gasteiger partial charge in [-0.05, 0) is 25.0 Å². The molecule has 0 aliphatic heterocycles. The van der Waals surface area contributed by atoms with Crippen molar-refractivity contribution >= 4 is 5.91 Å². The largest absolute Gasteiger partial charge is 0.483 e. The normalized spacial score (nSPS) is 12.1. The molecular formula is C15H20F3NO3. The summed E-state index contributed by atoms with van der Waals surface area (Å²) < 4.78 is 43.2. The Kier molecular flexibility index (Phi) is 6.22. The van der Waals surface area contributed by atoms with E-state index in [4.69, 9.17) is 4.74 Å². The molecule has 4 nitrogen and oxygen atoms in total. The quantitative estimate of drug-likeness (QED) is 0.812. The van der Waals surface area contributed by atoms with Gasteiger partial charge in [-0.15, -0.1) is 0 Å². The highest BCUT2D eigenvalue weighted by Crippen LogP contribution is 2.35. The number of aliphatic hydroxyl groups is 1. The van der Waals surface area contributed by atoms with Gasteiger partial charge in [0.15, 0.2) is 6.61 Å². The number of para-hydroxylation sites is 1. The summed E-state index contributed by atoms with van der Waals surface area (Å²) in [4.78, 5) is 11.6. The number of nitrogens with one attached hydrogen (secondary N) is 1. The number of amides is 1. The van der Waals surface area contributed by atoms with E-state index in [-0.39, 0.29) is 6.54 Å². The van der Waals surface area contributed by atoms with Crippen LogP contribution in [0, 0.1) is 0 Å². The fourth-order valence-corrected chi connectivity index (χ4v) is 1.78. The van der Waals surface area contributed by atoms with Crippen LogP contribution in [-0.2, 0) is 11.0 Å². The molecule has 0 unspecified atom stereocenters. The second-order valence-corrected chi connectivity index (χ2v) is 4.99. The molecule has 2 N–H and O–H groups in total. The number of hydrogen-bond donors (Lipinski definition) is 2. The third-order valence-corrected chi connectivity index (χ3v) is 3.48. The highest BCUT2D eigenvalue weighted by molar-refractivity contribution is 5.77. The summed E-state index contributed by atoms with van der Waals surface area (Å²) in [7, 11) is 0. The van der Waals surface area contributed by atoms with E-state index in [2.05, 4.69) is 5.32 Å². The van der Waals surface area contributed by atoms with E-state index in [0.29, 0.717) is 12.8 Å². The predicted octanol–water partition coefficient (Wildman–Crippen LogP) is 2.75. The maximum atomic E-state index is 12.8. The molecule has 1 aromatic carbocycles. The number of rotatable bonds is 7. The summed E-state index contributed by atoms with van der Waals surface area (Å²) in [5.41, 5.74) is -1.94. The van der Waals surface area contributed by atoms with E-state index in [0.717, 1.165) is 12.1 Å². The van der Waals surface area contributed by atoms with Crippen LogP contribution in [0.5, 0.6) is 5.75 Å². The molecule has 0 spiro atoms. The molecule has 0 saturated carbocycles. The van der Waals surface area contributed by atoms with Crippen LogP contribution in [0.15, 0.2) is 24.3 Å². The van der Waals surface area contributed by atoms with Crippen molar-refractivity contribution in [3.63, 3.8) is 0 Å². The van der Waals surface area contributed by atoms with E-state index < -0.39 is 35.6 Å². The van der Waals surface area contributed by atoms with Gasteiger partial charge in [0.2, 0.25) is 0 Å². The first-order valence-corrected chi connectivity index (χ1v) is 7.00. The topological polar surface area (TPSA) is 58.6 Å². The summed E-state index contributed by atoms with van der Waals surface area (Å²) in [6.07, 6.45) is -3.62. The standard InChI is InChI=1S/C15H20F3NO3/c1-3-14(21,4-2)10-19-13(20)9-22-12-8-6-5-7-11(12)15(16,17)18/h5-8,21H,3-4,9-10H2,1-2H3,(H,19,20). The van der Waals surface area contributed by atoms with Gasteiger partial charge in [0.05, 0.1) is 11.2 Å². The molecule has 22 heavy (non-hydrogen) atoms. The van der Waals surface area contributed by atoms with Gasteiger partial charge in [0.1, 0.15) is 5.75 Å². The molecule has 1 rings (SSSR count). The zero-order chi connectivity index (χ0) is 16.8. The van der Waals surface area contributed by atoms with Crippen LogP contribution in [0.25, 0.3) is 0 Å². The molecule has 0 aromatic heterocycles. The van der Waals surface area contributed by atoms with E-state index in [1.54, 1.807) is 13.8 Å². The molecule has 124 valence electrons. The number of carbonyl (C=O) groups excluding carboxylic acids is 1. The van der Waals surface area contributed by atoms with Crippen molar-refractivity contribution in [1.82, 2.24) is 5.32 Å². The van der Waals surface area contributed by atoms with Crippen LogP contribution in [0.1, 0.15) is 32.3 Å². The summed E-state index contributed by atoms with van der Waals surface area (Å²) in [5.74, 6) is -0.983. The van der Waals surface area contributed by atoms with E-state index in [9.17, 15) is 23.1 Å². The first kappa shape index (κ1) is 18.3. The number of benzene rings is 1. The highest BCUT2D eigenvalue weighted by Gasteiger charge is 2.34. The maximum Gasteiger partial charge on any atom is 0.419 e. The zero-order valence-corrected chi connectivity index (χ0v) is 12.5. The molecule has 7 heteroatoms. The average molecular weight is 319 g/mol. The molecule has 0 aliphatic rings. The Labute approximate surface area is 127 Å². The Morgan fingerprint density at radius 3 is 2.36 bits per heavy atom. The van der Waals surface area contributed by atoms with Gasteiger partial charge in [-0.1, -0.05) is 26.0 Å². The van der Waals surface area contributed by atoms with Crippen LogP contribution >= 0.6 is 0 Å². The summed E-state index contributed by atoms with van der Waals surface area (Å²) in [6, 6.07) is 4.69. The fourth-order valence-electron chi connectivity index (χ4n) is 1.78. The van der Waals surface area contributed by atoms with E-state index in [1.165, 1.54) is 12.1 Å². The first-order valence-electron chi connectivity index (χ1n) is 7.00. The zero-order valence-electron chi connectivity index (χ0n) is 12.5. The lowest BCUT2D eigenvalue weighted by Gasteiger charge is -2.25. The van der Waals surface area contributed by atoms with Gasteiger partial charge in [-0.25, -0.2) is 0 Å². The molecule has 0 bridgehead atoms.